The van der Waals surface area contributed by atoms with Crippen molar-refractivity contribution in [2.24, 2.45) is 0 Å². The minimum Gasteiger partial charge on any atom is -0.304 e. The summed E-state index contributed by atoms with van der Waals surface area (Å²) in [4.78, 5) is 2.49. The molecule has 3 heteroatoms. The Bertz CT molecular complexity index is 192. The van der Waals surface area contributed by atoms with E-state index < -0.39 is 0 Å². The van der Waals surface area contributed by atoms with Crippen LogP contribution in [-0.2, 0) is 0 Å². The molecule has 1 rings (SSSR count). The number of rotatable bonds is 6. The van der Waals surface area contributed by atoms with Crippen LogP contribution in [0.25, 0.3) is 0 Å². The van der Waals surface area contributed by atoms with Gasteiger partial charge in [-0.2, -0.15) is 5.26 Å². The fourth-order valence-electron chi connectivity index (χ4n) is 2.30. The summed E-state index contributed by atoms with van der Waals surface area (Å²) in [5, 5.41) is 11.5. The maximum atomic E-state index is 8.36. The first-order valence-corrected chi connectivity index (χ1v) is 6.12. The highest BCUT2D eigenvalue weighted by Gasteiger charge is 2.16. The minimum absolute atomic E-state index is 0.479. The maximum Gasteiger partial charge on any atom is 0.0840 e. The standard InChI is InChI=1S/C12H23N3/c1-15(11-5-9-14-10-8-13)12-6-3-2-4-7-12/h12,14H,2-7,9-11H2,1H3. The van der Waals surface area contributed by atoms with Crippen LogP contribution >= 0.6 is 0 Å². The summed E-state index contributed by atoms with van der Waals surface area (Å²) >= 11 is 0. The molecule has 3 nitrogen and oxygen atoms in total. The average molecular weight is 209 g/mol. The molecule has 0 amide bonds. The highest BCUT2D eigenvalue weighted by atomic mass is 15.1. The monoisotopic (exact) mass is 209 g/mol. The van der Waals surface area contributed by atoms with Gasteiger partial charge in [0.2, 0.25) is 0 Å². The van der Waals surface area contributed by atoms with Crippen molar-refractivity contribution in [2.45, 2.75) is 44.6 Å². The van der Waals surface area contributed by atoms with E-state index >= 15 is 0 Å². The first kappa shape index (κ1) is 12.5. The zero-order chi connectivity index (χ0) is 10.9. The van der Waals surface area contributed by atoms with Gasteiger partial charge in [-0.1, -0.05) is 19.3 Å². The van der Waals surface area contributed by atoms with Crippen LogP contribution in [0.2, 0.25) is 0 Å². The predicted octanol–water partition coefficient (Wildman–Crippen LogP) is 1.75. The molecular formula is C12H23N3. The zero-order valence-electron chi connectivity index (χ0n) is 9.84. The highest BCUT2D eigenvalue weighted by Crippen LogP contribution is 2.21. The molecule has 0 saturated heterocycles. The van der Waals surface area contributed by atoms with Crippen molar-refractivity contribution in [2.75, 3.05) is 26.7 Å². The summed E-state index contributed by atoms with van der Waals surface area (Å²) < 4.78 is 0. The van der Waals surface area contributed by atoms with Gasteiger partial charge in [0.25, 0.3) is 0 Å². The van der Waals surface area contributed by atoms with Crippen LogP contribution in [0.4, 0.5) is 0 Å². The van der Waals surface area contributed by atoms with Gasteiger partial charge in [-0.05, 0) is 39.4 Å². The Morgan fingerprint density at radius 2 is 2.07 bits per heavy atom. The van der Waals surface area contributed by atoms with E-state index in [1.807, 2.05) is 0 Å². The number of hydrogen-bond acceptors (Lipinski definition) is 3. The SMILES string of the molecule is CN(CCCNCC#N)C1CCCCC1. The predicted molar refractivity (Wildman–Crippen MR) is 62.6 cm³/mol. The van der Waals surface area contributed by atoms with Gasteiger partial charge in [0, 0.05) is 6.04 Å². The summed E-state index contributed by atoms with van der Waals surface area (Å²) in [5.74, 6) is 0. The highest BCUT2D eigenvalue weighted by molar-refractivity contribution is 4.75. The molecule has 0 bridgehead atoms. The molecule has 15 heavy (non-hydrogen) atoms. The van der Waals surface area contributed by atoms with Crippen LogP contribution in [-0.4, -0.2) is 37.6 Å². The Morgan fingerprint density at radius 3 is 2.73 bits per heavy atom. The fraction of sp³-hybridized carbons (Fsp3) is 0.917. The lowest BCUT2D eigenvalue weighted by Gasteiger charge is -2.31. The van der Waals surface area contributed by atoms with Crippen molar-refractivity contribution in [3.8, 4) is 6.07 Å². The molecule has 0 radical (unpaired) electrons. The van der Waals surface area contributed by atoms with Crippen LogP contribution in [0, 0.1) is 11.3 Å². The Balaban J connectivity index is 2.02. The molecule has 0 aromatic carbocycles. The number of nitrogens with one attached hydrogen (secondary N) is 1. The Hall–Kier alpha value is -0.590. The van der Waals surface area contributed by atoms with E-state index in [2.05, 4.69) is 23.3 Å². The lowest BCUT2D eigenvalue weighted by atomic mass is 9.94. The lowest BCUT2D eigenvalue weighted by Crippen LogP contribution is -2.35. The van der Waals surface area contributed by atoms with Gasteiger partial charge in [-0.25, -0.2) is 0 Å². The quantitative estimate of drug-likeness (QED) is 0.535. The van der Waals surface area contributed by atoms with Crippen molar-refractivity contribution in [1.29, 1.82) is 5.26 Å². The third-order valence-corrected chi connectivity index (χ3v) is 3.27. The van der Waals surface area contributed by atoms with E-state index in [0.717, 1.165) is 25.6 Å². The molecule has 0 aromatic rings. The number of nitrogens with zero attached hydrogens (tertiary/aromatic N) is 2. The lowest BCUT2D eigenvalue weighted by molar-refractivity contribution is 0.190. The van der Waals surface area contributed by atoms with Crippen LogP contribution in [0.1, 0.15) is 38.5 Å². The molecule has 1 fully saturated rings. The average Bonchev–Trinajstić information content (AvgIpc) is 2.30. The van der Waals surface area contributed by atoms with Gasteiger partial charge in [0.1, 0.15) is 0 Å². The molecule has 0 heterocycles. The summed E-state index contributed by atoms with van der Waals surface area (Å²) in [6, 6.07) is 2.91. The molecule has 0 unspecified atom stereocenters. The van der Waals surface area contributed by atoms with Gasteiger partial charge in [0.15, 0.2) is 0 Å². The normalized spacial score (nSPS) is 17.9. The summed E-state index contributed by atoms with van der Waals surface area (Å²) in [7, 11) is 2.24. The van der Waals surface area contributed by atoms with Crippen LogP contribution in [0.5, 0.6) is 0 Å². The molecule has 0 aliphatic heterocycles. The topological polar surface area (TPSA) is 39.1 Å². The molecule has 1 aliphatic rings. The van der Waals surface area contributed by atoms with Gasteiger partial charge in [-0.3, -0.25) is 0 Å². The number of nitriles is 1. The fourth-order valence-corrected chi connectivity index (χ4v) is 2.30. The van der Waals surface area contributed by atoms with Crippen molar-refractivity contribution >= 4 is 0 Å². The second-order valence-electron chi connectivity index (χ2n) is 4.46. The van der Waals surface area contributed by atoms with Crippen LogP contribution in [0.15, 0.2) is 0 Å². The van der Waals surface area contributed by atoms with Crippen LogP contribution in [0.3, 0.4) is 0 Å². The first-order valence-electron chi connectivity index (χ1n) is 6.12. The van der Waals surface area contributed by atoms with Gasteiger partial charge >= 0.3 is 0 Å². The third kappa shape index (κ3) is 5.15. The van der Waals surface area contributed by atoms with Crippen molar-refractivity contribution < 1.29 is 0 Å². The molecule has 1 aliphatic carbocycles. The zero-order valence-corrected chi connectivity index (χ0v) is 9.84. The largest absolute Gasteiger partial charge is 0.304 e. The third-order valence-electron chi connectivity index (χ3n) is 3.27. The van der Waals surface area contributed by atoms with E-state index in [4.69, 9.17) is 5.26 Å². The summed E-state index contributed by atoms with van der Waals surface area (Å²) in [5.41, 5.74) is 0. The van der Waals surface area contributed by atoms with E-state index in [-0.39, 0.29) is 0 Å². The van der Waals surface area contributed by atoms with Gasteiger partial charge in [0.05, 0.1) is 12.6 Å². The molecule has 86 valence electrons. The second kappa shape index (κ2) is 7.67. The first-order chi connectivity index (χ1) is 7.34. The van der Waals surface area contributed by atoms with E-state index in [9.17, 15) is 0 Å². The molecule has 0 spiro atoms. The van der Waals surface area contributed by atoms with E-state index in [0.29, 0.717) is 6.54 Å². The Kier molecular flexibility index (Phi) is 6.38. The molecule has 1 N–H and O–H groups in total. The summed E-state index contributed by atoms with van der Waals surface area (Å²) in [6.45, 7) is 2.60. The number of hydrogen-bond donors (Lipinski definition) is 1. The van der Waals surface area contributed by atoms with Crippen LogP contribution < -0.4 is 5.32 Å². The van der Waals surface area contributed by atoms with Crippen molar-refractivity contribution in [3.05, 3.63) is 0 Å². The van der Waals surface area contributed by atoms with Crippen molar-refractivity contribution in [3.63, 3.8) is 0 Å². The minimum atomic E-state index is 0.479. The van der Waals surface area contributed by atoms with E-state index in [1.165, 1.54) is 32.1 Å². The van der Waals surface area contributed by atoms with E-state index in [1.54, 1.807) is 0 Å². The molecular weight excluding hydrogens is 186 g/mol. The van der Waals surface area contributed by atoms with Gasteiger partial charge in [-0.15, -0.1) is 0 Å². The van der Waals surface area contributed by atoms with Gasteiger partial charge < -0.3 is 10.2 Å². The maximum absolute atomic E-state index is 8.36. The molecule has 0 atom stereocenters. The smallest absolute Gasteiger partial charge is 0.0840 e. The molecule has 0 aromatic heterocycles. The molecule has 1 saturated carbocycles. The summed E-state index contributed by atoms with van der Waals surface area (Å²) in [6.07, 6.45) is 8.14. The Labute approximate surface area is 93.5 Å². The van der Waals surface area contributed by atoms with Crippen molar-refractivity contribution in [1.82, 2.24) is 10.2 Å². The second-order valence-corrected chi connectivity index (χ2v) is 4.46. The Morgan fingerprint density at radius 1 is 1.33 bits per heavy atom.